The van der Waals surface area contributed by atoms with E-state index in [0.717, 1.165) is 44.1 Å². The Morgan fingerprint density at radius 3 is 2.17 bits per heavy atom. The number of carboxylic acid groups (broad SMARTS) is 1. The second-order valence-electron chi connectivity index (χ2n) is 19.3. The van der Waals surface area contributed by atoms with Crippen molar-refractivity contribution in [3.63, 3.8) is 0 Å². The van der Waals surface area contributed by atoms with Crippen molar-refractivity contribution in [2.45, 2.75) is 102 Å². The third-order valence-corrected chi connectivity index (χ3v) is 14.5. The van der Waals surface area contributed by atoms with E-state index in [-0.39, 0.29) is 64.2 Å². The lowest BCUT2D eigenvalue weighted by atomic mass is 9.95. The Morgan fingerprint density at radius 1 is 0.844 bits per heavy atom. The molecule has 2 saturated carbocycles. The van der Waals surface area contributed by atoms with Gasteiger partial charge in [-0.2, -0.15) is 8.78 Å². The molecule has 1 spiro atoms. The van der Waals surface area contributed by atoms with Gasteiger partial charge in [0.25, 0.3) is 5.92 Å². The van der Waals surface area contributed by atoms with Gasteiger partial charge in [-0.3, -0.25) is 9.59 Å². The SMILES string of the molecule is COC(=O)N[C@H](C(=O)N1CC2(CC2)C[C@H]1c1nc(-c2ccc3c(c2)C(F)(F)c2cc(-c4ccc5nc([C@@H]6[C@H]7CC[C@H](C7)N6C(=O)[C@@H](NC(=O)O)C(C)C)[nH]c5c4)ccc2-3)c[nH]1)C(C)C. The number of fused-ring (bicyclic) bond motifs is 6. The lowest BCUT2D eigenvalue weighted by molar-refractivity contribution is -0.139. The summed E-state index contributed by atoms with van der Waals surface area (Å²) in [7, 11) is 1.26. The molecule has 3 aromatic carbocycles. The number of carbonyl (C=O) groups excluding carboxylic acids is 3. The Morgan fingerprint density at radius 2 is 1.50 bits per heavy atom. The number of carbonyl (C=O) groups is 4. The van der Waals surface area contributed by atoms with E-state index in [9.17, 15) is 24.3 Å². The van der Waals surface area contributed by atoms with Gasteiger partial charge in [0.2, 0.25) is 11.8 Å². The summed E-state index contributed by atoms with van der Waals surface area (Å²) in [5.74, 6) is -2.79. The standard InChI is InChI=1S/C48H52F2N8O6/c1-23(2)38(56-46(63)64-5)43(59)57-22-47(14-15-47)20-37(57)41-51-21-36(54-41)27-8-12-31-30-11-7-25(17-32(30)48(49,50)33(31)18-27)26-9-13-34-35(19-26)53-42(52-34)40-28-6-10-29(16-28)58(40)44(60)39(24(3)4)55-45(61)62/h7-9,11-13,17-19,21,23-24,28-29,37-40,55H,6,10,14-16,20,22H2,1-5H3,(H,51,54)(H,52,53)(H,56,63)(H,61,62)/t28-,29+,37-,38-,39-,40-/m0/s1. The lowest BCUT2D eigenvalue weighted by Gasteiger charge is -2.37. The van der Waals surface area contributed by atoms with Gasteiger partial charge < -0.3 is 40.2 Å². The van der Waals surface area contributed by atoms with Crippen LogP contribution in [0.5, 0.6) is 0 Å². The van der Waals surface area contributed by atoms with E-state index in [2.05, 4.69) is 20.6 Å². The van der Waals surface area contributed by atoms with E-state index in [1.54, 1.807) is 35.4 Å². The third-order valence-electron chi connectivity index (χ3n) is 14.5. The number of alkyl halides is 2. The van der Waals surface area contributed by atoms with Crippen LogP contribution in [0.2, 0.25) is 0 Å². The molecule has 5 aliphatic rings. The van der Waals surface area contributed by atoms with Gasteiger partial charge in [0.15, 0.2) is 0 Å². The molecule has 2 aliphatic heterocycles. The van der Waals surface area contributed by atoms with E-state index in [0.29, 0.717) is 57.2 Å². The fourth-order valence-electron chi connectivity index (χ4n) is 11.0. The smallest absolute Gasteiger partial charge is 0.407 e. The highest BCUT2D eigenvalue weighted by Gasteiger charge is 2.56. The minimum atomic E-state index is -3.30. The first-order valence-corrected chi connectivity index (χ1v) is 22.3. The number of nitrogens with zero attached hydrogens (tertiary/aromatic N) is 4. The van der Waals surface area contributed by atoms with Gasteiger partial charge in [-0.05, 0) is 108 Å². The maximum absolute atomic E-state index is 16.6. The van der Waals surface area contributed by atoms with Crippen LogP contribution in [0.15, 0.2) is 60.8 Å². The zero-order valence-corrected chi connectivity index (χ0v) is 36.4. The summed E-state index contributed by atoms with van der Waals surface area (Å²) in [4.78, 5) is 71.7. The van der Waals surface area contributed by atoms with Crippen LogP contribution in [0.25, 0.3) is 44.5 Å². The molecular formula is C48H52F2N8O6. The zero-order valence-electron chi connectivity index (χ0n) is 36.4. The molecule has 64 heavy (non-hydrogen) atoms. The molecular weight excluding hydrogens is 823 g/mol. The number of methoxy groups -OCH3 is 1. The number of hydrogen-bond acceptors (Lipinski definition) is 7. The first-order chi connectivity index (χ1) is 30.6. The number of H-pyrrole nitrogens is 2. The van der Waals surface area contributed by atoms with Crippen LogP contribution < -0.4 is 10.6 Å². The summed E-state index contributed by atoms with van der Waals surface area (Å²) in [5.41, 5.74) is 4.45. The molecule has 334 valence electrons. The quantitative estimate of drug-likeness (QED) is 0.0924. The Kier molecular flexibility index (Phi) is 9.87. The number of piperidine rings is 1. The predicted octanol–water partition coefficient (Wildman–Crippen LogP) is 8.52. The molecule has 5 aromatic rings. The maximum Gasteiger partial charge on any atom is 0.407 e. The van der Waals surface area contributed by atoms with Gasteiger partial charge in [-0.1, -0.05) is 58.0 Å². The number of aromatic amines is 2. The Hall–Kier alpha value is -6.32. The predicted molar refractivity (Wildman–Crippen MR) is 233 cm³/mol. The number of rotatable bonds is 10. The number of likely N-dealkylation sites (tertiary alicyclic amines) is 2. The molecule has 5 N–H and O–H groups in total. The van der Waals surface area contributed by atoms with Gasteiger partial charge in [-0.25, -0.2) is 19.6 Å². The molecule has 0 unspecified atom stereocenters. The highest BCUT2D eigenvalue weighted by molar-refractivity contribution is 5.89. The third kappa shape index (κ3) is 6.87. The van der Waals surface area contributed by atoms with E-state index >= 15 is 8.78 Å². The topological polar surface area (TPSA) is 186 Å². The first kappa shape index (κ1) is 41.7. The second-order valence-corrected chi connectivity index (χ2v) is 19.3. The summed E-state index contributed by atoms with van der Waals surface area (Å²) < 4.78 is 38.1. The molecule has 0 radical (unpaired) electrons. The van der Waals surface area contributed by atoms with Crippen LogP contribution in [-0.2, 0) is 20.2 Å². The molecule has 6 atom stereocenters. The molecule has 16 heteroatoms. The normalized spacial score (nSPS) is 23.1. The Labute approximate surface area is 368 Å². The van der Waals surface area contributed by atoms with Crippen molar-refractivity contribution in [2.24, 2.45) is 23.2 Å². The van der Waals surface area contributed by atoms with Crippen molar-refractivity contribution < 1.29 is 37.8 Å². The number of halogens is 2. The second kappa shape index (κ2) is 15.2. The van der Waals surface area contributed by atoms with Crippen molar-refractivity contribution in [1.29, 1.82) is 0 Å². The highest BCUT2D eigenvalue weighted by Crippen LogP contribution is 2.59. The summed E-state index contributed by atoms with van der Waals surface area (Å²) in [6, 6.07) is 13.4. The van der Waals surface area contributed by atoms with Crippen LogP contribution in [0.4, 0.5) is 18.4 Å². The number of alkyl carbamates (subject to hydrolysis) is 1. The van der Waals surface area contributed by atoms with Gasteiger partial charge in [0.05, 0.1) is 35.9 Å². The molecule has 2 saturated heterocycles. The van der Waals surface area contributed by atoms with Crippen LogP contribution in [0, 0.1) is 23.2 Å². The lowest BCUT2D eigenvalue weighted by Crippen LogP contribution is -2.53. The van der Waals surface area contributed by atoms with Crippen LogP contribution in [0.3, 0.4) is 0 Å². The molecule has 2 aromatic heterocycles. The first-order valence-electron chi connectivity index (χ1n) is 22.3. The van der Waals surface area contributed by atoms with E-state index < -0.39 is 30.2 Å². The Bertz CT molecular complexity index is 2720. The number of hydrogen-bond donors (Lipinski definition) is 5. The fourth-order valence-corrected chi connectivity index (χ4v) is 11.0. The molecule has 3 aliphatic carbocycles. The van der Waals surface area contributed by atoms with Crippen molar-refractivity contribution in [1.82, 2.24) is 40.4 Å². The summed E-state index contributed by atoms with van der Waals surface area (Å²) in [6.07, 6.45) is 5.12. The zero-order chi connectivity index (χ0) is 45.0. The summed E-state index contributed by atoms with van der Waals surface area (Å²) >= 11 is 0. The molecule has 4 amide bonds. The number of nitrogens with one attached hydrogen (secondary N) is 4. The van der Waals surface area contributed by atoms with E-state index in [1.807, 2.05) is 56.9 Å². The van der Waals surface area contributed by atoms with E-state index in [1.165, 1.54) is 13.2 Å². The van der Waals surface area contributed by atoms with Crippen molar-refractivity contribution >= 4 is 35.0 Å². The average molecular weight is 875 g/mol. The van der Waals surface area contributed by atoms with Crippen LogP contribution in [0.1, 0.15) is 101 Å². The molecule has 4 heterocycles. The largest absolute Gasteiger partial charge is 0.465 e. The minimum absolute atomic E-state index is 0.00466. The Balaban J connectivity index is 0.899. The summed E-state index contributed by atoms with van der Waals surface area (Å²) in [5, 5.41) is 14.6. The number of aromatic nitrogens is 4. The van der Waals surface area contributed by atoms with Crippen molar-refractivity contribution in [3.05, 3.63) is 83.6 Å². The fraction of sp³-hybridized carbons (Fsp3) is 0.458. The van der Waals surface area contributed by atoms with Crippen LogP contribution >= 0.6 is 0 Å². The number of benzene rings is 3. The summed E-state index contributed by atoms with van der Waals surface area (Å²) in [6.45, 7) is 7.94. The monoisotopic (exact) mass is 874 g/mol. The van der Waals surface area contributed by atoms with E-state index in [4.69, 9.17) is 14.7 Å². The van der Waals surface area contributed by atoms with Crippen molar-refractivity contribution in [3.8, 4) is 33.5 Å². The number of imidazole rings is 2. The minimum Gasteiger partial charge on any atom is -0.465 e. The molecule has 2 bridgehead atoms. The highest BCUT2D eigenvalue weighted by atomic mass is 19.3. The van der Waals surface area contributed by atoms with Gasteiger partial charge in [-0.15, -0.1) is 0 Å². The van der Waals surface area contributed by atoms with Gasteiger partial charge in [0, 0.05) is 35.5 Å². The molecule has 10 rings (SSSR count). The average Bonchev–Trinajstić information content (AvgIpc) is 3.93. The van der Waals surface area contributed by atoms with Gasteiger partial charge >= 0.3 is 12.2 Å². The number of ether oxygens (including phenoxy) is 1. The number of amides is 4. The van der Waals surface area contributed by atoms with Crippen molar-refractivity contribution in [2.75, 3.05) is 13.7 Å². The molecule has 14 nitrogen and oxygen atoms in total. The molecule has 4 fully saturated rings. The van der Waals surface area contributed by atoms with Gasteiger partial charge in [0.1, 0.15) is 23.7 Å². The maximum atomic E-state index is 16.6. The van der Waals surface area contributed by atoms with Crippen LogP contribution in [-0.4, -0.2) is 90.6 Å².